The van der Waals surface area contributed by atoms with Crippen molar-refractivity contribution in [1.29, 1.82) is 0 Å². The second-order valence-electron chi connectivity index (χ2n) is 4.80. The molecule has 1 heterocycles. The van der Waals surface area contributed by atoms with Gasteiger partial charge in [0.2, 0.25) is 10.0 Å². The van der Waals surface area contributed by atoms with Gasteiger partial charge in [0.05, 0.1) is 30.3 Å². The lowest BCUT2D eigenvalue weighted by Gasteiger charge is -2.08. The zero-order chi connectivity index (χ0) is 17.9. The first-order chi connectivity index (χ1) is 11.2. The molecule has 1 aromatic heterocycles. The number of sulfonamides is 1. The number of carbonyl (C=O) groups excluding carboxylic acids is 2. The van der Waals surface area contributed by atoms with Crippen LogP contribution in [0.5, 0.6) is 0 Å². The number of hydrogen-bond acceptors (Lipinski definition) is 7. The van der Waals surface area contributed by atoms with Crippen LogP contribution in [0.2, 0.25) is 0 Å². The number of anilines is 2. The zero-order valence-electron chi connectivity index (χ0n) is 13.1. The van der Waals surface area contributed by atoms with Crippen molar-refractivity contribution in [2.75, 3.05) is 23.4 Å². The van der Waals surface area contributed by atoms with Gasteiger partial charge < -0.3 is 10.1 Å². The standard InChI is InChI=1S/C14H15N3O5S2/c1-8-11(23-14(15-8)17-24(3,20)21)12(18)16-10-7-5-4-6-9(10)13(19)22-2/h4-7H,1-3H3,(H,15,17)(H,16,18). The highest BCUT2D eigenvalue weighted by Gasteiger charge is 2.19. The molecule has 0 unspecified atom stereocenters. The second kappa shape index (κ2) is 6.97. The summed E-state index contributed by atoms with van der Waals surface area (Å²) >= 11 is 0.904. The van der Waals surface area contributed by atoms with Gasteiger partial charge in [-0.05, 0) is 19.1 Å². The van der Waals surface area contributed by atoms with Crippen molar-refractivity contribution in [1.82, 2.24) is 4.98 Å². The van der Waals surface area contributed by atoms with Gasteiger partial charge in [0, 0.05) is 0 Å². The monoisotopic (exact) mass is 369 g/mol. The summed E-state index contributed by atoms with van der Waals surface area (Å²) in [5.41, 5.74) is 0.879. The van der Waals surface area contributed by atoms with Crippen LogP contribution >= 0.6 is 11.3 Å². The minimum absolute atomic E-state index is 0.0985. The molecule has 0 radical (unpaired) electrons. The van der Waals surface area contributed by atoms with Crippen LogP contribution in [0.1, 0.15) is 25.7 Å². The number of ether oxygens (including phenoxy) is 1. The zero-order valence-corrected chi connectivity index (χ0v) is 14.7. The number of para-hydroxylation sites is 1. The minimum atomic E-state index is -3.48. The molecule has 0 fully saturated rings. The van der Waals surface area contributed by atoms with Crippen molar-refractivity contribution < 1.29 is 22.7 Å². The number of thiazole rings is 1. The Morgan fingerprint density at radius 2 is 1.92 bits per heavy atom. The number of hydrogen-bond donors (Lipinski definition) is 2. The van der Waals surface area contributed by atoms with Crippen molar-refractivity contribution >= 4 is 44.1 Å². The predicted molar refractivity (Wildman–Crippen MR) is 91.1 cm³/mol. The number of nitrogens with one attached hydrogen (secondary N) is 2. The third kappa shape index (κ3) is 4.30. The van der Waals surface area contributed by atoms with E-state index in [1.165, 1.54) is 13.2 Å². The molecule has 2 aromatic rings. The normalized spacial score (nSPS) is 11.0. The van der Waals surface area contributed by atoms with E-state index in [9.17, 15) is 18.0 Å². The van der Waals surface area contributed by atoms with Crippen LogP contribution < -0.4 is 10.0 Å². The summed E-state index contributed by atoms with van der Waals surface area (Å²) in [5.74, 6) is -1.07. The Morgan fingerprint density at radius 3 is 2.54 bits per heavy atom. The van der Waals surface area contributed by atoms with Crippen LogP contribution in [0.4, 0.5) is 10.8 Å². The van der Waals surface area contributed by atoms with Crippen LogP contribution in [-0.4, -0.2) is 38.6 Å². The Bertz CT molecular complexity index is 890. The Labute approximate surface area is 142 Å². The number of benzene rings is 1. The molecule has 0 aliphatic rings. The number of nitrogens with zero attached hydrogens (tertiary/aromatic N) is 1. The molecule has 0 saturated carbocycles. The molecule has 128 valence electrons. The van der Waals surface area contributed by atoms with Gasteiger partial charge in [-0.1, -0.05) is 23.5 Å². The molecule has 1 amide bonds. The number of rotatable bonds is 5. The molecule has 8 nitrogen and oxygen atoms in total. The van der Waals surface area contributed by atoms with Crippen LogP contribution in [0.25, 0.3) is 0 Å². The molecular weight excluding hydrogens is 354 g/mol. The molecule has 0 spiro atoms. The van der Waals surface area contributed by atoms with Crippen molar-refractivity contribution in [2.45, 2.75) is 6.92 Å². The van der Waals surface area contributed by atoms with E-state index in [-0.39, 0.29) is 15.6 Å². The van der Waals surface area contributed by atoms with E-state index in [2.05, 4.69) is 19.8 Å². The van der Waals surface area contributed by atoms with E-state index in [0.717, 1.165) is 17.6 Å². The number of amides is 1. The molecule has 0 aliphatic carbocycles. The Kier molecular flexibility index (Phi) is 5.20. The average molecular weight is 369 g/mol. The summed E-state index contributed by atoms with van der Waals surface area (Å²) in [6.07, 6.45) is 0.996. The molecule has 0 saturated heterocycles. The van der Waals surface area contributed by atoms with E-state index in [4.69, 9.17) is 0 Å². The van der Waals surface area contributed by atoms with E-state index >= 15 is 0 Å². The molecular formula is C14H15N3O5S2. The number of aromatic nitrogens is 1. The molecule has 0 atom stereocenters. The third-order valence-electron chi connectivity index (χ3n) is 2.86. The first-order valence-corrected chi connectivity index (χ1v) is 9.36. The fourth-order valence-electron chi connectivity index (χ4n) is 1.87. The highest BCUT2D eigenvalue weighted by Crippen LogP contribution is 2.25. The Hall–Kier alpha value is -2.46. The lowest BCUT2D eigenvalue weighted by atomic mass is 10.1. The number of carbonyl (C=O) groups is 2. The van der Waals surface area contributed by atoms with Crippen molar-refractivity contribution in [3.8, 4) is 0 Å². The van der Waals surface area contributed by atoms with Gasteiger partial charge in [0.15, 0.2) is 5.13 Å². The minimum Gasteiger partial charge on any atom is -0.465 e. The maximum Gasteiger partial charge on any atom is 0.339 e. The van der Waals surface area contributed by atoms with Crippen LogP contribution in [0, 0.1) is 6.92 Å². The summed E-state index contributed by atoms with van der Waals surface area (Å²) in [6.45, 7) is 1.59. The largest absolute Gasteiger partial charge is 0.465 e. The molecule has 10 heteroatoms. The SMILES string of the molecule is COC(=O)c1ccccc1NC(=O)c1sc(NS(C)(=O)=O)nc1C. The topological polar surface area (TPSA) is 114 Å². The molecule has 24 heavy (non-hydrogen) atoms. The maximum atomic E-state index is 12.4. The Balaban J connectivity index is 2.27. The summed E-state index contributed by atoms with van der Waals surface area (Å²) in [6, 6.07) is 6.40. The highest BCUT2D eigenvalue weighted by molar-refractivity contribution is 7.92. The molecule has 2 rings (SSSR count). The van der Waals surface area contributed by atoms with E-state index < -0.39 is 21.9 Å². The summed E-state index contributed by atoms with van der Waals surface area (Å²) < 4.78 is 29.4. The van der Waals surface area contributed by atoms with Crippen molar-refractivity contribution in [3.63, 3.8) is 0 Å². The van der Waals surface area contributed by atoms with E-state index in [1.807, 2.05) is 0 Å². The van der Waals surface area contributed by atoms with E-state index in [1.54, 1.807) is 25.1 Å². The quantitative estimate of drug-likeness (QED) is 0.778. The van der Waals surface area contributed by atoms with Gasteiger partial charge in [-0.15, -0.1) is 0 Å². The summed E-state index contributed by atoms with van der Waals surface area (Å²) in [4.78, 5) is 28.4. The first kappa shape index (κ1) is 17.9. The third-order valence-corrected chi connectivity index (χ3v) is 4.62. The lowest BCUT2D eigenvalue weighted by molar-refractivity contribution is 0.0602. The maximum absolute atomic E-state index is 12.4. The molecule has 0 bridgehead atoms. The molecule has 2 N–H and O–H groups in total. The average Bonchev–Trinajstić information content (AvgIpc) is 2.85. The number of methoxy groups -OCH3 is 1. The fourth-order valence-corrected chi connectivity index (χ4v) is 3.57. The Morgan fingerprint density at radius 1 is 1.25 bits per heavy atom. The van der Waals surface area contributed by atoms with Crippen LogP contribution in [0.15, 0.2) is 24.3 Å². The van der Waals surface area contributed by atoms with Gasteiger partial charge in [-0.25, -0.2) is 18.2 Å². The van der Waals surface area contributed by atoms with Crippen LogP contribution in [-0.2, 0) is 14.8 Å². The second-order valence-corrected chi connectivity index (χ2v) is 7.55. The molecule has 1 aromatic carbocycles. The summed E-state index contributed by atoms with van der Waals surface area (Å²) in [7, 11) is -2.23. The van der Waals surface area contributed by atoms with Gasteiger partial charge in [0.25, 0.3) is 5.91 Å². The number of esters is 1. The fraction of sp³-hybridized carbons (Fsp3) is 0.214. The van der Waals surface area contributed by atoms with Crippen molar-refractivity contribution in [3.05, 3.63) is 40.4 Å². The van der Waals surface area contributed by atoms with Gasteiger partial charge in [-0.3, -0.25) is 9.52 Å². The first-order valence-electron chi connectivity index (χ1n) is 6.65. The lowest BCUT2D eigenvalue weighted by Crippen LogP contribution is -2.15. The van der Waals surface area contributed by atoms with Gasteiger partial charge >= 0.3 is 5.97 Å². The van der Waals surface area contributed by atoms with Crippen LogP contribution in [0.3, 0.4) is 0 Å². The predicted octanol–water partition coefficient (Wildman–Crippen LogP) is 1.86. The van der Waals surface area contributed by atoms with Gasteiger partial charge in [-0.2, -0.15) is 0 Å². The summed E-state index contributed by atoms with van der Waals surface area (Å²) in [5, 5.41) is 2.71. The highest BCUT2D eigenvalue weighted by atomic mass is 32.2. The number of aryl methyl sites for hydroxylation is 1. The van der Waals surface area contributed by atoms with Crippen molar-refractivity contribution in [2.24, 2.45) is 0 Å². The molecule has 0 aliphatic heterocycles. The van der Waals surface area contributed by atoms with E-state index in [0.29, 0.717) is 11.4 Å². The smallest absolute Gasteiger partial charge is 0.339 e. The van der Waals surface area contributed by atoms with Gasteiger partial charge in [0.1, 0.15) is 4.88 Å².